The first-order chi connectivity index (χ1) is 9.01. The third-order valence-corrected chi connectivity index (χ3v) is 3.53. The molecule has 0 amide bonds. The van der Waals surface area contributed by atoms with Crippen LogP contribution >= 0.6 is 39.1 Å². The van der Waals surface area contributed by atoms with Gasteiger partial charge >= 0.3 is 0 Å². The maximum atomic E-state index is 13.1. The lowest BCUT2D eigenvalue weighted by Gasteiger charge is -2.12. The number of hydrogen-bond acceptors (Lipinski definition) is 2. The third kappa shape index (κ3) is 3.19. The van der Waals surface area contributed by atoms with Crippen LogP contribution in [0.1, 0.15) is 5.56 Å². The van der Waals surface area contributed by atoms with Crippen molar-refractivity contribution in [1.82, 2.24) is 0 Å². The van der Waals surface area contributed by atoms with E-state index in [0.717, 1.165) is 0 Å². The molecule has 0 fully saturated rings. The van der Waals surface area contributed by atoms with Gasteiger partial charge in [0.15, 0.2) is 0 Å². The molecule has 0 saturated carbocycles. The molecule has 0 unspecified atom stereocenters. The van der Waals surface area contributed by atoms with Crippen LogP contribution in [0, 0.1) is 17.1 Å². The Morgan fingerprint density at radius 2 is 1.95 bits per heavy atom. The summed E-state index contributed by atoms with van der Waals surface area (Å²) in [5.74, 6) is -0.450. The van der Waals surface area contributed by atoms with Crippen LogP contribution in [0.25, 0.3) is 0 Å². The molecule has 0 atom stereocenters. The molecule has 0 heterocycles. The molecule has 1 N–H and O–H groups in total. The molecule has 2 aromatic carbocycles. The highest BCUT2D eigenvalue weighted by Crippen LogP contribution is 2.35. The Kier molecular flexibility index (Phi) is 4.31. The zero-order chi connectivity index (χ0) is 14.0. The lowest BCUT2D eigenvalue weighted by atomic mass is 10.2. The number of nitrogens with one attached hydrogen (secondary N) is 1. The summed E-state index contributed by atoms with van der Waals surface area (Å²) in [6.07, 6.45) is 0. The van der Waals surface area contributed by atoms with Crippen LogP contribution in [0.5, 0.6) is 0 Å². The topological polar surface area (TPSA) is 35.8 Å². The number of halogens is 4. The minimum absolute atomic E-state index is 0.204. The van der Waals surface area contributed by atoms with Gasteiger partial charge in [0.25, 0.3) is 0 Å². The minimum atomic E-state index is -0.450. The Hall–Kier alpha value is -1.28. The molecule has 6 heteroatoms. The molecule has 0 aliphatic carbocycles. The average Bonchev–Trinajstić information content (AvgIpc) is 2.34. The van der Waals surface area contributed by atoms with E-state index in [-0.39, 0.29) is 5.02 Å². The zero-order valence-electron chi connectivity index (χ0n) is 9.35. The van der Waals surface area contributed by atoms with Crippen molar-refractivity contribution in [3.8, 4) is 6.07 Å². The van der Waals surface area contributed by atoms with Gasteiger partial charge in [0.2, 0.25) is 0 Å². The van der Waals surface area contributed by atoms with Gasteiger partial charge in [0, 0.05) is 9.50 Å². The molecular weight excluding hydrogens is 354 g/mol. The fourth-order valence-corrected chi connectivity index (χ4v) is 2.58. The summed E-state index contributed by atoms with van der Waals surface area (Å²) in [5.41, 5.74) is 1.39. The van der Waals surface area contributed by atoms with E-state index in [1.807, 2.05) is 6.07 Å². The van der Waals surface area contributed by atoms with Crippen molar-refractivity contribution in [3.63, 3.8) is 0 Å². The average molecular weight is 360 g/mol. The van der Waals surface area contributed by atoms with Gasteiger partial charge in [0.1, 0.15) is 11.9 Å². The summed E-state index contributed by atoms with van der Waals surface area (Å²) >= 11 is 15.1. The van der Waals surface area contributed by atoms with Gasteiger partial charge in [-0.05, 0) is 46.3 Å². The largest absolute Gasteiger partial charge is 0.352 e. The van der Waals surface area contributed by atoms with Gasteiger partial charge in [-0.15, -0.1) is 0 Å². The molecule has 0 aliphatic rings. The normalized spacial score (nSPS) is 10.1. The highest BCUT2D eigenvalue weighted by atomic mass is 79.9. The van der Waals surface area contributed by atoms with Crippen molar-refractivity contribution < 1.29 is 4.39 Å². The summed E-state index contributed by atoms with van der Waals surface area (Å²) in [6, 6.07) is 9.32. The van der Waals surface area contributed by atoms with Crippen LogP contribution in [0.3, 0.4) is 0 Å². The SMILES string of the molecule is N#Cc1ccc(Cl)cc1Nc1c(Cl)cc(F)cc1Br. The third-order valence-electron chi connectivity index (χ3n) is 2.37. The van der Waals surface area contributed by atoms with Crippen molar-refractivity contribution >= 4 is 50.5 Å². The lowest BCUT2D eigenvalue weighted by molar-refractivity contribution is 0.627. The maximum Gasteiger partial charge on any atom is 0.125 e. The first-order valence-corrected chi connectivity index (χ1v) is 6.67. The molecule has 2 rings (SSSR count). The van der Waals surface area contributed by atoms with E-state index in [2.05, 4.69) is 21.2 Å². The smallest absolute Gasteiger partial charge is 0.125 e. The Balaban J connectivity index is 2.48. The van der Waals surface area contributed by atoms with Crippen LogP contribution in [-0.4, -0.2) is 0 Å². The first kappa shape index (κ1) is 14.1. The summed E-state index contributed by atoms with van der Waals surface area (Å²) in [5, 5.41) is 12.7. The highest BCUT2D eigenvalue weighted by molar-refractivity contribution is 9.10. The standard InChI is InChI=1S/C13H6BrCl2FN2/c14-10-4-9(17)5-11(16)13(10)19-12-3-8(15)2-1-7(12)6-18/h1-5,19H. The monoisotopic (exact) mass is 358 g/mol. The van der Waals surface area contributed by atoms with Crippen molar-refractivity contribution in [3.05, 3.63) is 56.2 Å². The molecule has 2 nitrogen and oxygen atoms in total. The van der Waals surface area contributed by atoms with Gasteiger partial charge in [-0.1, -0.05) is 23.2 Å². The Morgan fingerprint density at radius 3 is 2.58 bits per heavy atom. The van der Waals surface area contributed by atoms with Gasteiger partial charge in [-0.3, -0.25) is 0 Å². The molecule has 2 aromatic rings. The van der Waals surface area contributed by atoms with E-state index >= 15 is 0 Å². The zero-order valence-corrected chi connectivity index (χ0v) is 12.4. The van der Waals surface area contributed by atoms with E-state index in [9.17, 15) is 4.39 Å². The molecule has 0 radical (unpaired) electrons. The molecular formula is C13H6BrCl2FN2. The van der Waals surface area contributed by atoms with Gasteiger partial charge in [-0.2, -0.15) is 5.26 Å². The molecule has 0 bridgehead atoms. The van der Waals surface area contributed by atoms with Crippen LogP contribution in [-0.2, 0) is 0 Å². The lowest BCUT2D eigenvalue weighted by Crippen LogP contribution is -1.96. The quantitative estimate of drug-likeness (QED) is 0.767. The Morgan fingerprint density at radius 1 is 1.21 bits per heavy atom. The molecule has 0 saturated heterocycles. The fourth-order valence-electron chi connectivity index (χ4n) is 1.51. The number of hydrogen-bond donors (Lipinski definition) is 1. The Labute approximate surface area is 127 Å². The molecule has 19 heavy (non-hydrogen) atoms. The van der Waals surface area contributed by atoms with Crippen molar-refractivity contribution in [1.29, 1.82) is 5.26 Å². The van der Waals surface area contributed by atoms with Crippen LogP contribution < -0.4 is 5.32 Å². The number of rotatable bonds is 2. The predicted molar refractivity (Wildman–Crippen MR) is 78.6 cm³/mol. The van der Waals surface area contributed by atoms with E-state index in [4.69, 9.17) is 28.5 Å². The number of nitriles is 1. The molecule has 0 aromatic heterocycles. The molecule has 0 spiro atoms. The number of benzene rings is 2. The summed E-state index contributed by atoms with van der Waals surface area (Å²) in [7, 11) is 0. The van der Waals surface area contributed by atoms with Crippen LogP contribution in [0.4, 0.5) is 15.8 Å². The van der Waals surface area contributed by atoms with E-state index in [0.29, 0.717) is 26.4 Å². The minimum Gasteiger partial charge on any atom is -0.352 e. The number of anilines is 2. The maximum absolute atomic E-state index is 13.1. The Bertz CT molecular complexity index is 660. The van der Waals surface area contributed by atoms with Crippen molar-refractivity contribution in [2.45, 2.75) is 0 Å². The van der Waals surface area contributed by atoms with Gasteiger partial charge in [-0.25, -0.2) is 4.39 Å². The second kappa shape index (κ2) is 5.79. The first-order valence-electron chi connectivity index (χ1n) is 5.12. The second-order valence-electron chi connectivity index (χ2n) is 3.67. The predicted octanol–water partition coefficient (Wildman–Crippen LogP) is 5.51. The van der Waals surface area contributed by atoms with E-state index in [1.165, 1.54) is 12.1 Å². The van der Waals surface area contributed by atoms with Crippen LogP contribution in [0.2, 0.25) is 10.0 Å². The fraction of sp³-hybridized carbons (Fsp3) is 0. The van der Waals surface area contributed by atoms with Gasteiger partial charge in [0.05, 0.1) is 22.0 Å². The van der Waals surface area contributed by atoms with Crippen molar-refractivity contribution in [2.75, 3.05) is 5.32 Å². The highest BCUT2D eigenvalue weighted by Gasteiger charge is 2.11. The number of nitrogens with zero attached hydrogens (tertiary/aromatic N) is 1. The van der Waals surface area contributed by atoms with Crippen LogP contribution in [0.15, 0.2) is 34.8 Å². The van der Waals surface area contributed by atoms with E-state index < -0.39 is 5.82 Å². The second-order valence-corrected chi connectivity index (χ2v) is 5.37. The summed E-state index contributed by atoms with van der Waals surface area (Å²) < 4.78 is 13.6. The van der Waals surface area contributed by atoms with Gasteiger partial charge < -0.3 is 5.32 Å². The molecule has 0 aliphatic heterocycles. The van der Waals surface area contributed by atoms with E-state index in [1.54, 1.807) is 18.2 Å². The summed E-state index contributed by atoms with van der Waals surface area (Å²) in [4.78, 5) is 0. The van der Waals surface area contributed by atoms with Crippen molar-refractivity contribution in [2.24, 2.45) is 0 Å². The summed E-state index contributed by atoms with van der Waals surface area (Å²) in [6.45, 7) is 0. The molecule has 96 valence electrons.